The van der Waals surface area contributed by atoms with Crippen LogP contribution in [0.4, 0.5) is 5.69 Å². The molecular weight excluding hydrogens is 344 g/mol. The van der Waals surface area contributed by atoms with Crippen molar-refractivity contribution in [2.75, 3.05) is 17.2 Å². The van der Waals surface area contributed by atoms with Crippen LogP contribution in [0.2, 0.25) is 0 Å². The van der Waals surface area contributed by atoms with Gasteiger partial charge < -0.3 is 9.80 Å². The van der Waals surface area contributed by atoms with Crippen molar-refractivity contribution < 1.29 is 9.59 Å². The third-order valence-corrected chi connectivity index (χ3v) is 5.79. The van der Waals surface area contributed by atoms with E-state index >= 15 is 0 Å². The van der Waals surface area contributed by atoms with Gasteiger partial charge in [-0.15, -0.1) is 11.8 Å². The molecule has 1 aliphatic rings. The van der Waals surface area contributed by atoms with E-state index in [2.05, 4.69) is 13.8 Å². The number of hydrogen-bond donors (Lipinski definition) is 0. The lowest BCUT2D eigenvalue weighted by atomic mass is 10.1. The minimum atomic E-state index is -0.0155. The molecule has 2 aromatic rings. The molecule has 0 saturated carbocycles. The molecule has 1 unspecified atom stereocenters. The number of nitrogens with zero attached hydrogens (tertiary/aromatic N) is 2. The fourth-order valence-corrected chi connectivity index (χ4v) is 3.98. The van der Waals surface area contributed by atoms with E-state index in [1.165, 1.54) is 11.8 Å². The third kappa shape index (κ3) is 4.10. The zero-order valence-corrected chi connectivity index (χ0v) is 16.0. The monoisotopic (exact) mass is 368 g/mol. The normalized spacial score (nSPS) is 14.7. The first kappa shape index (κ1) is 18.5. The minimum Gasteiger partial charge on any atom is -0.334 e. The van der Waals surface area contributed by atoms with E-state index in [0.717, 1.165) is 22.6 Å². The highest BCUT2D eigenvalue weighted by Crippen LogP contribution is 2.34. The van der Waals surface area contributed by atoms with Crippen molar-refractivity contribution in [3.8, 4) is 0 Å². The van der Waals surface area contributed by atoms with E-state index in [4.69, 9.17) is 0 Å². The molecular formula is C21H24N2O2S. The fourth-order valence-electron chi connectivity index (χ4n) is 3.04. The molecule has 26 heavy (non-hydrogen) atoms. The van der Waals surface area contributed by atoms with Gasteiger partial charge in [0.1, 0.15) is 6.54 Å². The molecule has 1 atom stereocenters. The zero-order valence-electron chi connectivity index (χ0n) is 15.2. The van der Waals surface area contributed by atoms with E-state index in [9.17, 15) is 9.59 Å². The van der Waals surface area contributed by atoms with Crippen LogP contribution in [0.3, 0.4) is 0 Å². The lowest BCUT2D eigenvalue weighted by molar-refractivity contribution is -0.133. The predicted molar refractivity (Wildman–Crippen MR) is 106 cm³/mol. The number of thioether (sulfide) groups is 1. The smallest absolute Gasteiger partial charge is 0.243 e. The Balaban J connectivity index is 1.80. The van der Waals surface area contributed by atoms with E-state index < -0.39 is 0 Å². The second-order valence-electron chi connectivity index (χ2n) is 6.50. The molecule has 0 aromatic heterocycles. The standard InChI is InChI=1S/C21H24N2O2S/c1-3-16(2)22(13-17-9-5-4-6-10-17)20(24)14-23-18-11-7-8-12-19(18)26-15-21(23)25/h4-12,16H,3,13-15H2,1-2H3. The highest BCUT2D eigenvalue weighted by atomic mass is 32.2. The molecule has 0 N–H and O–H groups in total. The number of rotatable bonds is 6. The van der Waals surface area contributed by atoms with Crippen molar-refractivity contribution in [2.24, 2.45) is 0 Å². The number of amides is 2. The molecule has 2 amide bonds. The maximum Gasteiger partial charge on any atom is 0.243 e. The maximum atomic E-state index is 13.1. The van der Waals surface area contributed by atoms with Crippen LogP contribution in [0.5, 0.6) is 0 Å². The van der Waals surface area contributed by atoms with Gasteiger partial charge in [-0.3, -0.25) is 9.59 Å². The second kappa shape index (κ2) is 8.41. The number of carbonyl (C=O) groups excluding carboxylic acids is 2. The topological polar surface area (TPSA) is 40.6 Å². The Morgan fingerprint density at radius 3 is 2.58 bits per heavy atom. The van der Waals surface area contributed by atoms with Gasteiger partial charge in [0.25, 0.3) is 0 Å². The Labute approximate surface area is 159 Å². The van der Waals surface area contributed by atoms with Crippen molar-refractivity contribution in [3.63, 3.8) is 0 Å². The average molecular weight is 369 g/mol. The molecule has 0 spiro atoms. The maximum absolute atomic E-state index is 13.1. The van der Waals surface area contributed by atoms with Crippen LogP contribution in [0, 0.1) is 0 Å². The van der Waals surface area contributed by atoms with E-state index in [1.807, 2.05) is 59.5 Å². The molecule has 3 rings (SSSR count). The summed E-state index contributed by atoms with van der Waals surface area (Å²) < 4.78 is 0. The van der Waals surface area contributed by atoms with Crippen LogP contribution < -0.4 is 4.90 Å². The highest BCUT2D eigenvalue weighted by Gasteiger charge is 2.29. The number of carbonyl (C=O) groups is 2. The molecule has 2 aromatic carbocycles. The molecule has 1 heterocycles. The lowest BCUT2D eigenvalue weighted by Gasteiger charge is -2.33. The SMILES string of the molecule is CCC(C)N(Cc1ccccc1)C(=O)CN1C(=O)CSc2ccccc21. The molecule has 0 fully saturated rings. The van der Waals surface area contributed by atoms with Gasteiger partial charge in [-0.2, -0.15) is 0 Å². The molecule has 4 nitrogen and oxygen atoms in total. The quantitative estimate of drug-likeness (QED) is 0.775. The highest BCUT2D eigenvalue weighted by molar-refractivity contribution is 8.00. The Bertz CT molecular complexity index is 779. The number of hydrogen-bond acceptors (Lipinski definition) is 3. The van der Waals surface area contributed by atoms with Crippen LogP contribution in [-0.4, -0.2) is 35.1 Å². The summed E-state index contributed by atoms with van der Waals surface area (Å²) >= 11 is 1.53. The summed E-state index contributed by atoms with van der Waals surface area (Å²) in [5.74, 6) is 0.357. The van der Waals surface area contributed by atoms with Crippen molar-refractivity contribution in [1.29, 1.82) is 0 Å². The second-order valence-corrected chi connectivity index (χ2v) is 7.52. The molecule has 136 valence electrons. The van der Waals surface area contributed by atoms with Gasteiger partial charge in [-0.25, -0.2) is 0 Å². The summed E-state index contributed by atoms with van der Waals surface area (Å²) in [6, 6.07) is 17.9. The molecule has 5 heteroatoms. The molecule has 1 aliphatic heterocycles. The Kier molecular flexibility index (Phi) is 5.99. The van der Waals surface area contributed by atoms with Crippen LogP contribution in [0.25, 0.3) is 0 Å². The van der Waals surface area contributed by atoms with E-state index in [-0.39, 0.29) is 24.4 Å². The van der Waals surface area contributed by atoms with Crippen LogP contribution >= 0.6 is 11.8 Å². The molecule has 0 bridgehead atoms. The van der Waals surface area contributed by atoms with Crippen LogP contribution in [0.1, 0.15) is 25.8 Å². The largest absolute Gasteiger partial charge is 0.334 e. The van der Waals surface area contributed by atoms with Gasteiger partial charge in [0.15, 0.2) is 0 Å². The van der Waals surface area contributed by atoms with Gasteiger partial charge in [0.05, 0.1) is 11.4 Å². The summed E-state index contributed by atoms with van der Waals surface area (Å²) in [7, 11) is 0. The Morgan fingerprint density at radius 1 is 1.15 bits per heavy atom. The molecule has 0 radical (unpaired) electrons. The lowest BCUT2D eigenvalue weighted by Crippen LogP contribution is -2.47. The van der Waals surface area contributed by atoms with E-state index in [1.54, 1.807) is 4.90 Å². The number of fused-ring (bicyclic) bond motifs is 1. The summed E-state index contributed by atoms with van der Waals surface area (Å²) in [5, 5.41) is 0. The van der Waals surface area contributed by atoms with Gasteiger partial charge in [0.2, 0.25) is 11.8 Å². The third-order valence-electron chi connectivity index (χ3n) is 4.74. The van der Waals surface area contributed by atoms with Gasteiger partial charge in [-0.1, -0.05) is 49.4 Å². The molecule has 0 saturated heterocycles. The Morgan fingerprint density at radius 2 is 1.85 bits per heavy atom. The fraction of sp³-hybridized carbons (Fsp3) is 0.333. The van der Waals surface area contributed by atoms with Gasteiger partial charge >= 0.3 is 0 Å². The van der Waals surface area contributed by atoms with E-state index in [0.29, 0.717) is 12.3 Å². The minimum absolute atomic E-state index is 0.00846. The molecule has 0 aliphatic carbocycles. The summed E-state index contributed by atoms with van der Waals surface area (Å²) in [4.78, 5) is 30.1. The summed E-state index contributed by atoms with van der Waals surface area (Å²) in [6.45, 7) is 4.79. The van der Waals surface area contributed by atoms with Crippen LogP contribution in [0.15, 0.2) is 59.5 Å². The first-order valence-corrected chi connectivity index (χ1v) is 9.94. The van der Waals surface area contributed by atoms with Crippen molar-refractivity contribution >= 4 is 29.3 Å². The average Bonchev–Trinajstić information content (AvgIpc) is 2.68. The first-order chi connectivity index (χ1) is 12.6. The number of anilines is 1. The van der Waals surface area contributed by atoms with Crippen molar-refractivity contribution in [1.82, 2.24) is 4.90 Å². The number of benzene rings is 2. The zero-order chi connectivity index (χ0) is 18.5. The van der Waals surface area contributed by atoms with Gasteiger partial charge in [0, 0.05) is 17.5 Å². The predicted octanol–water partition coefficient (Wildman–Crippen LogP) is 3.95. The summed E-state index contributed by atoms with van der Waals surface area (Å²) in [5.41, 5.74) is 1.94. The van der Waals surface area contributed by atoms with Crippen LogP contribution in [-0.2, 0) is 16.1 Å². The van der Waals surface area contributed by atoms with Crippen molar-refractivity contribution in [2.45, 2.75) is 37.8 Å². The van der Waals surface area contributed by atoms with Crippen molar-refractivity contribution in [3.05, 3.63) is 60.2 Å². The summed E-state index contributed by atoms with van der Waals surface area (Å²) in [6.07, 6.45) is 0.874. The van der Waals surface area contributed by atoms with Gasteiger partial charge in [-0.05, 0) is 31.0 Å². The number of para-hydroxylation sites is 1. The Hall–Kier alpha value is -2.27. The first-order valence-electron chi connectivity index (χ1n) is 8.95.